The standard InChI is InChI=1S/C13H19NOS/c1-15-11-4-2-3-7-13(11)12-10(5-8-14-13)6-9-16-12/h6,9,11,14H,2-5,7-8H2,1H3. The van der Waals surface area contributed by atoms with Crippen molar-refractivity contribution in [2.45, 2.75) is 43.7 Å². The first-order valence-corrected chi connectivity index (χ1v) is 7.09. The molecule has 1 saturated carbocycles. The third kappa shape index (κ3) is 1.45. The highest BCUT2D eigenvalue weighted by atomic mass is 32.1. The van der Waals surface area contributed by atoms with Crippen LogP contribution in [0.15, 0.2) is 11.4 Å². The van der Waals surface area contributed by atoms with Crippen LogP contribution >= 0.6 is 11.3 Å². The van der Waals surface area contributed by atoms with Gasteiger partial charge in [-0.15, -0.1) is 11.3 Å². The maximum absolute atomic E-state index is 5.75. The van der Waals surface area contributed by atoms with E-state index in [-0.39, 0.29) is 5.54 Å². The molecule has 1 N–H and O–H groups in total. The summed E-state index contributed by atoms with van der Waals surface area (Å²) < 4.78 is 5.75. The summed E-state index contributed by atoms with van der Waals surface area (Å²) in [5, 5.41) is 6.00. The van der Waals surface area contributed by atoms with E-state index in [2.05, 4.69) is 16.8 Å². The monoisotopic (exact) mass is 237 g/mol. The number of ether oxygens (including phenoxy) is 1. The molecule has 0 aromatic carbocycles. The Bertz CT molecular complexity index is 376. The fraction of sp³-hybridized carbons (Fsp3) is 0.692. The largest absolute Gasteiger partial charge is 0.379 e. The maximum Gasteiger partial charge on any atom is 0.0802 e. The molecule has 2 aliphatic rings. The summed E-state index contributed by atoms with van der Waals surface area (Å²) in [5.41, 5.74) is 1.68. The summed E-state index contributed by atoms with van der Waals surface area (Å²) in [4.78, 5) is 1.55. The summed E-state index contributed by atoms with van der Waals surface area (Å²) in [6, 6.07) is 2.30. The lowest BCUT2D eigenvalue weighted by Gasteiger charge is -2.46. The Morgan fingerprint density at radius 2 is 2.44 bits per heavy atom. The Labute approximate surface area is 101 Å². The smallest absolute Gasteiger partial charge is 0.0802 e. The Morgan fingerprint density at radius 3 is 3.31 bits per heavy atom. The molecular formula is C13H19NOS. The molecule has 2 heterocycles. The Morgan fingerprint density at radius 1 is 1.50 bits per heavy atom. The molecule has 3 rings (SSSR count). The topological polar surface area (TPSA) is 21.3 Å². The van der Waals surface area contributed by atoms with Crippen LogP contribution < -0.4 is 5.32 Å². The quantitative estimate of drug-likeness (QED) is 0.811. The van der Waals surface area contributed by atoms with Crippen LogP contribution in [0.4, 0.5) is 0 Å². The zero-order valence-corrected chi connectivity index (χ0v) is 10.6. The predicted molar refractivity (Wildman–Crippen MR) is 67.0 cm³/mol. The van der Waals surface area contributed by atoms with Crippen molar-refractivity contribution in [1.29, 1.82) is 0 Å². The first-order chi connectivity index (χ1) is 7.87. The van der Waals surface area contributed by atoms with E-state index in [1.807, 2.05) is 18.4 Å². The van der Waals surface area contributed by atoms with Crippen molar-refractivity contribution >= 4 is 11.3 Å². The van der Waals surface area contributed by atoms with Gasteiger partial charge in [0.05, 0.1) is 11.6 Å². The number of rotatable bonds is 1. The highest BCUT2D eigenvalue weighted by molar-refractivity contribution is 7.10. The van der Waals surface area contributed by atoms with Crippen LogP contribution in [0.1, 0.15) is 36.1 Å². The SMILES string of the molecule is COC1CCCCC12NCCc1ccsc12. The summed E-state index contributed by atoms with van der Waals surface area (Å²) in [5.74, 6) is 0. The average Bonchev–Trinajstić information content (AvgIpc) is 2.80. The minimum Gasteiger partial charge on any atom is -0.379 e. The van der Waals surface area contributed by atoms with E-state index < -0.39 is 0 Å². The minimum atomic E-state index is 0.134. The zero-order chi connectivity index (χ0) is 11.0. The van der Waals surface area contributed by atoms with Crippen LogP contribution in [0.25, 0.3) is 0 Å². The predicted octanol–water partition coefficient (Wildman–Crippen LogP) is 2.68. The molecule has 2 unspecified atom stereocenters. The van der Waals surface area contributed by atoms with Crippen LogP contribution in [-0.4, -0.2) is 19.8 Å². The summed E-state index contributed by atoms with van der Waals surface area (Å²) in [6.07, 6.45) is 6.60. The minimum absolute atomic E-state index is 0.134. The summed E-state index contributed by atoms with van der Waals surface area (Å²) >= 11 is 1.91. The third-order valence-electron chi connectivity index (χ3n) is 4.11. The number of methoxy groups -OCH3 is 1. The highest BCUT2D eigenvalue weighted by Crippen LogP contribution is 2.44. The Balaban J connectivity index is 2.04. The van der Waals surface area contributed by atoms with Gasteiger partial charge in [0.25, 0.3) is 0 Å². The molecule has 2 nitrogen and oxygen atoms in total. The number of hydrogen-bond acceptors (Lipinski definition) is 3. The second kappa shape index (κ2) is 4.13. The summed E-state index contributed by atoms with van der Waals surface area (Å²) in [6.45, 7) is 1.10. The maximum atomic E-state index is 5.75. The fourth-order valence-corrected chi connectivity index (χ4v) is 4.55. The van der Waals surface area contributed by atoms with E-state index in [1.165, 1.54) is 32.1 Å². The van der Waals surface area contributed by atoms with E-state index in [9.17, 15) is 0 Å². The lowest BCUT2D eigenvalue weighted by atomic mass is 9.75. The van der Waals surface area contributed by atoms with E-state index in [0.29, 0.717) is 6.10 Å². The second-order valence-corrected chi connectivity index (χ2v) is 5.81. The summed E-state index contributed by atoms with van der Waals surface area (Å²) in [7, 11) is 1.86. The normalized spacial score (nSPS) is 33.9. The molecule has 1 aliphatic carbocycles. The molecule has 0 bridgehead atoms. The highest BCUT2D eigenvalue weighted by Gasteiger charge is 2.45. The second-order valence-electron chi connectivity index (χ2n) is 4.89. The van der Waals surface area contributed by atoms with E-state index >= 15 is 0 Å². The molecule has 1 aliphatic heterocycles. The van der Waals surface area contributed by atoms with Gasteiger partial charge in [0.1, 0.15) is 0 Å². The molecule has 3 heteroatoms. The van der Waals surface area contributed by atoms with Crippen molar-refractivity contribution in [2.75, 3.05) is 13.7 Å². The molecule has 16 heavy (non-hydrogen) atoms. The van der Waals surface area contributed by atoms with Crippen molar-refractivity contribution in [3.05, 3.63) is 21.9 Å². The van der Waals surface area contributed by atoms with Crippen molar-refractivity contribution < 1.29 is 4.74 Å². The molecule has 1 fully saturated rings. The van der Waals surface area contributed by atoms with Crippen molar-refractivity contribution in [1.82, 2.24) is 5.32 Å². The van der Waals surface area contributed by atoms with Crippen molar-refractivity contribution in [3.8, 4) is 0 Å². The molecule has 88 valence electrons. The lowest BCUT2D eigenvalue weighted by molar-refractivity contribution is -0.0164. The van der Waals surface area contributed by atoms with Crippen LogP contribution in [0.5, 0.6) is 0 Å². The molecule has 2 atom stereocenters. The molecule has 0 radical (unpaired) electrons. The third-order valence-corrected chi connectivity index (χ3v) is 5.24. The number of hydrogen-bond donors (Lipinski definition) is 1. The molecule has 0 saturated heterocycles. The van der Waals surface area contributed by atoms with Gasteiger partial charge in [-0.1, -0.05) is 12.8 Å². The molecule has 1 aromatic heterocycles. The van der Waals surface area contributed by atoms with Gasteiger partial charge in [-0.2, -0.15) is 0 Å². The van der Waals surface area contributed by atoms with Gasteiger partial charge >= 0.3 is 0 Å². The molecule has 1 spiro atoms. The zero-order valence-electron chi connectivity index (χ0n) is 9.79. The van der Waals surface area contributed by atoms with E-state index in [0.717, 1.165) is 6.54 Å². The van der Waals surface area contributed by atoms with Gasteiger partial charge in [-0.3, -0.25) is 0 Å². The first kappa shape index (κ1) is 10.8. The van der Waals surface area contributed by atoms with Gasteiger partial charge in [-0.05, 0) is 36.3 Å². The number of thiophene rings is 1. The van der Waals surface area contributed by atoms with Gasteiger partial charge in [0.15, 0.2) is 0 Å². The molecule has 1 aromatic rings. The van der Waals surface area contributed by atoms with Gasteiger partial charge in [0.2, 0.25) is 0 Å². The Hall–Kier alpha value is -0.380. The van der Waals surface area contributed by atoms with E-state index in [1.54, 1.807) is 10.4 Å². The van der Waals surface area contributed by atoms with Crippen LogP contribution in [0.2, 0.25) is 0 Å². The first-order valence-electron chi connectivity index (χ1n) is 6.21. The van der Waals surface area contributed by atoms with Crippen LogP contribution in [0, 0.1) is 0 Å². The average molecular weight is 237 g/mol. The van der Waals surface area contributed by atoms with Crippen molar-refractivity contribution in [2.24, 2.45) is 0 Å². The number of fused-ring (bicyclic) bond motifs is 2. The molecule has 0 amide bonds. The Kier molecular flexibility index (Phi) is 2.78. The van der Waals surface area contributed by atoms with Gasteiger partial charge < -0.3 is 10.1 Å². The molecular weight excluding hydrogens is 218 g/mol. The van der Waals surface area contributed by atoms with Gasteiger partial charge in [-0.25, -0.2) is 0 Å². The lowest BCUT2D eigenvalue weighted by Crippen LogP contribution is -2.56. The van der Waals surface area contributed by atoms with Gasteiger partial charge in [0, 0.05) is 18.5 Å². The van der Waals surface area contributed by atoms with Crippen LogP contribution in [-0.2, 0) is 16.7 Å². The van der Waals surface area contributed by atoms with Crippen LogP contribution in [0.3, 0.4) is 0 Å². The number of nitrogens with one attached hydrogen (secondary N) is 1. The fourth-order valence-electron chi connectivity index (χ4n) is 3.35. The van der Waals surface area contributed by atoms with E-state index in [4.69, 9.17) is 4.74 Å². The van der Waals surface area contributed by atoms with Crippen molar-refractivity contribution in [3.63, 3.8) is 0 Å².